The molecular formula is C22H20F3N7OS. The van der Waals surface area contributed by atoms with Gasteiger partial charge in [0.05, 0.1) is 23.5 Å². The molecule has 1 saturated heterocycles. The number of aryl methyl sites for hydroxylation is 1. The fraction of sp³-hybridized carbons (Fsp3) is 0.364. The van der Waals surface area contributed by atoms with Gasteiger partial charge in [-0.2, -0.15) is 13.2 Å². The van der Waals surface area contributed by atoms with Gasteiger partial charge in [-0.05, 0) is 43.9 Å². The van der Waals surface area contributed by atoms with Crippen molar-refractivity contribution in [3.05, 3.63) is 69.0 Å². The van der Waals surface area contributed by atoms with Crippen molar-refractivity contribution in [2.24, 2.45) is 0 Å². The van der Waals surface area contributed by atoms with Crippen LogP contribution in [-0.4, -0.2) is 42.8 Å². The summed E-state index contributed by atoms with van der Waals surface area (Å²) in [6.45, 7) is 2.78. The maximum Gasteiger partial charge on any atom is 0.418 e. The number of halogens is 3. The molecule has 4 aromatic heterocycles. The van der Waals surface area contributed by atoms with Crippen LogP contribution >= 0.6 is 11.3 Å². The Bertz CT molecular complexity index is 1380. The molecule has 0 radical (unpaired) electrons. The highest BCUT2D eigenvalue weighted by Crippen LogP contribution is 2.33. The second-order valence-electron chi connectivity index (χ2n) is 8.19. The van der Waals surface area contributed by atoms with Crippen LogP contribution in [0.2, 0.25) is 0 Å². The Balaban J connectivity index is 1.55. The zero-order valence-electron chi connectivity index (χ0n) is 18.2. The quantitative estimate of drug-likeness (QED) is 0.433. The van der Waals surface area contributed by atoms with Gasteiger partial charge in [-0.25, -0.2) is 4.98 Å². The summed E-state index contributed by atoms with van der Waals surface area (Å²) < 4.78 is 42.0. The summed E-state index contributed by atoms with van der Waals surface area (Å²) >= 11 is 1.46. The molecule has 1 aliphatic rings. The number of nitrogens with zero attached hydrogens (tertiary/aromatic N) is 7. The standard InChI is InChI=1S/C22H20F3N7OS/c1-13-10-27-17-9-15(14-4-7-31(8-5-14)21-30-28-12-34-21)20(33)32(19(17)29-13)11-18-16(22(23,24)25)3-2-6-26-18/h2-3,6,9-10,12,14H,4-5,7-8,11H2,1H3. The van der Waals surface area contributed by atoms with Crippen molar-refractivity contribution in [2.75, 3.05) is 18.0 Å². The summed E-state index contributed by atoms with van der Waals surface area (Å²) in [6.07, 6.45) is -0.295. The molecule has 0 bridgehead atoms. The molecule has 0 unspecified atom stereocenters. The monoisotopic (exact) mass is 487 g/mol. The number of aromatic nitrogens is 6. The largest absolute Gasteiger partial charge is 0.418 e. The highest BCUT2D eigenvalue weighted by atomic mass is 32.1. The third-order valence-corrected chi connectivity index (χ3v) is 6.75. The zero-order valence-corrected chi connectivity index (χ0v) is 19.0. The van der Waals surface area contributed by atoms with E-state index in [0.717, 1.165) is 11.2 Å². The first-order chi connectivity index (χ1) is 16.3. The van der Waals surface area contributed by atoms with Gasteiger partial charge in [-0.1, -0.05) is 11.3 Å². The minimum Gasteiger partial charge on any atom is -0.347 e. The molecule has 0 aromatic carbocycles. The molecule has 12 heteroatoms. The van der Waals surface area contributed by atoms with E-state index < -0.39 is 11.7 Å². The van der Waals surface area contributed by atoms with Crippen LogP contribution in [0.1, 0.15) is 41.3 Å². The van der Waals surface area contributed by atoms with Crippen LogP contribution in [0.4, 0.5) is 18.3 Å². The first-order valence-electron chi connectivity index (χ1n) is 10.7. The molecule has 8 nitrogen and oxygen atoms in total. The minimum absolute atomic E-state index is 0.0544. The van der Waals surface area contributed by atoms with E-state index in [9.17, 15) is 18.0 Å². The molecule has 0 atom stereocenters. The normalized spacial score (nSPS) is 15.2. The third-order valence-electron chi connectivity index (χ3n) is 6.00. The molecule has 0 N–H and O–H groups in total. The van der Waals surface area contributed by atoms with Gasteiger partial charge in [0.15, 0.2) is 5.65 Å². The average molecular weight is 488 g/mol. The number of anilines is 1. The number of pyridine rings is 2. The van der Waals surface area contributed by atoms with Crippen LogP contribution in [0, 0.1) is 6.92 Å². The second kappa shape index (κ2) is 8.75. The van der Waals surface area contributed by atoms with Crippen LogP contribution in [0.25, 0.3) is 11.2 Å². The molecular weight excluding hydrogens is 467 g/mol. The van der Waals surface area contributed by atoms with Crippen LogP contribution < -0.4 is 10.5 Å². The summed E-state index contributed by atoms with van der Waals surface area (Å²) in [5, 5.41) is 8.82. The van der Waals surface area contributed by atoms with Gasteiger partial charge in [0, 0.05) is 31.0 Å². The Kier molecular flexibility index (Phi) is 5.76. The van der Waals surface area contributed by atoms with Crippen LogP contribution in [0.3, 0.4) is 0 Å². The average Bonchev–Trinajstić information content (AvgIpc) is 3.36. The Hall–Kier alpha value is -3.41. The fourth-order valence-corrected chi connectivity index (χ4v) is 4.95. The molecule has 0 spiro atoms. The van der Waals surface area contributed by atoms with E-state index in [4.69, 9.17) is 0 Å². The fourth-order valence-electron chi connectivity index (χ4n) is 4.33. The number of rotatable bonds is 4. The Morgan fingerprint density at radius 3 is 2.71 bits per heavy atom. The Morgan fingerprint density at radius 1 is 1.21 bits per heavy atom. The lowest BCUT2D eigenvalue weighted by atomic mass is 9.90. The first kappa shape index (κ1) is 22.4. The number of hydrogen-bond acceptors (Lipinski definition) is 8. The lowest BCUT2D eigenvalue weighted by molar-refractivity contribution is -0.138. The SMILES string of the molecule is Cc1cnc2cc(C3CCN(c4nncs4)CC3)c(=O)n(Cc3ncccc3C(F)(F)F)c2n1. The van der Waals surface area contributed by atoms with Gasteiger partial charge >= 0.3 is 6.18 Å². The number of fused-ring (bicyclic) bond motifs is 1. The van der Waals surface area contributed by atoms with Gasteiger partial charge in [0.25, 0.3) is 5.56 Å². The van der Waals surface area contributed by atoms with E-state index in [1.165, 1.54) is 28.2 Å². The lowest BCUT2D eigenvalue weighted by Gasteiger charge is -2.31. The molecule has 176 valence electrons. The second-order valence-corrected chi connectivity index (χ2v) is 9.00. The Morgan fingerprint density at radius 2 is 2.00 bits per heavy atom. The zero-order chi connectivity index (χ0) is 23.9. The summed E-state index contributed by atoms with van der Waals surface area (Å²) in [5.41, 5.74) is 2.03. The van der Waals surface area contributed by atoms with Crippen LogP contribution in [0.15, 0.2) is 40.9 Å². The molecule has 1 fully saturated rings. The van der Waals surface area contributed by atoms with Gasteiger partial charge in [0.1, 0.15) is 11.0 Å². The van der Waals surface area contributed by atoms with Gasteiger partial charge in [-0.3, -0.25) is 19.3 Å². The predicted molar refractivity (Wildman–Crippen MR) is 121 cm³/mol. The van der Waals surface area contributed by atoms with Gasteiger partial charge < -0.3 is 4.90 Å². The smallest absolute Gasteiger partial charge is 0.347 e. The topological polar surface area (TPSA) is 89.7 Å². The summed E-state index contributed by atoms with van der Waals surface area (Å²) in [4.78, 5) is 28.5. The van der Waals surface area contributed by atoms with Crippen LogP contribution in [-0.2, 0) is 12.7 Å². The molecule has 5 heterocycles. The summed E-state index contributed by atoms with van der Waals surface area (Å²) in [7, 11) is 0. The van der Waals surface area contributed by atoms with Crippen molar-refractivity contribution in [3.8, 4) is 0 Å². The van der Waals surface area contributed by atoms with Crippen molar-refractivity contribution < 1.29 is 13.2 Å². The minimum atomic E-state index is -4.58. The van der Waals surface area contributed by atoms with E-state index >= 15 is 0 Å². The Labute approximate surface area is 196 Å². The molecule has 34 heavy (non-hydrogen) atoms. The molecule has 1 aliphatic heterocycles. The highest BCUT2D eigenvalue weighted by molar-refractivity contribution is 7.13. The summed E-state index contributed by atoms with van der Waals surface area (Å²) in [6, 6.07) is 3.94. The van der Waals surface area contributed by atoms with Gasteiger partial charge in [-0.15, -0.1) is 10.2 Å². The number of hydrogen-bond donors (Lipinski definition) is 0. The third kappa shape index (κ3) is 4.25. The van der Waals surface area contributed by atoms with Gasteiger partial charge in [0.2, 0.25) is 5.13 Å². The van der Waals surface area contributed by atoms with E-state index in [0.29, 0.717) is 42.7 Å². The number of piperidine rings is 1. The summed E-state index contributed by atoms with van der Waals surface area (Å²) in [5.74, 6) is -0.0544. The highest BCUT2D eigenvalue weighted by Gasteiger charge is 2.34. The maximum atomic E-state index is 13.6. The van der Waals surface area contributed by atoms with Crippen molar-refractivity contribution in [2.45, 2.75) is 38.4 Å². The van der Waals surface area contributed by atoms with E-state index in [2.05, 4.69) is 30.0 Å². The molecule has 4 aromatic rings. The van der Waals surface area contributed by atoms with Crippen molar-refractivity contribution in [3.63, 3.8) is 0 Å². The van der Waals surface area contributed by atoms with Crippen LogP contribution in [0.5, 0.6) is 0 Å². The molecule has 0 saturated carbocycles. The van der Waals surface area contributed by atoms with E-state index in [1.54, 1.807) is 24.7 Å². The first-order valence-corrected chi connectivity index (χ1v) is 11.6. The molecule has 5 rings (SSSR count). The van der Waals surface area contributed by atoms with Crippen molar-refractivity contribution in [1.82, 2.24) is 29.7 Å². The van der Waals surface area contributed by atoms with E-state index in [-0.39, 0.29) is 29.4 Å². The molecule has 0 amide bonds. The van der Waals surface area contributed by atoms with Crippen molar-refractivity contribution in [1.29, 1.82) is 0 Å². The predicted octanol–water partition coefficient (Wildman–Crippen LogP) is 3.80. The van der Waals surface area contributed by atoms with Crippen molar-refractivity contribution >= 4 is 27.6 Å². The maximum absolute atomic E-state index is 13.6. The van der Waals surface area contributed by atoms with E-state index in [1.807, 2.05) is 0 Å². The number of alkyl halides is 3. The lowest BCUT2D eigenvalue weighted by Crippen LogP contribution is -2.36. The molecule has 0 aliphatic carbocycles.